The van der Waals surface area contributed by atoms with Gasteiger partial charge >= 0.3 is 0 Å². The van der Waals surface area contributed by atoms with Crippen LogP contribution in [-0.4, -0.2) is 36.6 Å². The molecule has 0 bridgehead atoms. The van der Waals surface area contributed by atoms with Gasteiger partial charge in [-0.05, 0) is 36.6 Å². The van der Waals surface area contributed by atoms with Gasteiger partial charge in [0.1, 0.15) is 12.0 Å². The van der Waals surface area contributed by atoms with E-state index >= 15 is 0 Å². The third-order valence-corrected chi connectivity index (χ3v) is 6.22. The van der Waals surface area contributed by atoms with E-state index in [-0.39, 0.29) is 12.1 Å². The van der Waals surface area contributed by atoms with Crippen LogP contribution >= 0.6 is 11.3 Å². The molecule has 1 aromatic carbocycles. The van der Waals surface area contributed by atoms with Crippen molar-refractivity contribution in [3.63, 3.8) is 0 Å². The molecule has 3 aromatic heterocycles. The Morgan fingerprint density at radius 3 is 3.07 bits per heavy atom. The van der Waals surface area contributed by atoms with Crippen molar-refractivity contribution in [2.75, 3.05) is 5.32 Å². The minimum Gasteiger partial charge on any atom is -0.391 e. The van der Waals surface area contributed by atoms with Gasteiger partial charge in [0.25, 0.3) is 0 Å². The summed E-state index contributed by atoms with van der Waals surface area (Å²) in [6.45, 7) is 0. The lowest BCUT2D eigenvalue weighted by molar-refractivity contribution is 0.116. The van der Waals surface area contributed by atoms with Crippen LogP contribution in [0.3, 0.4) is 0 Å². The van der Waals surface area contributed by atoms with E-state index < -0.39 is 0 Å². The lowest BCUT2D eigenvalue weighted by Crippen LogP contribution is -2.36. The molecule has 1 fully saturated rings. The number of benzene rings is 1. The van der Waals surface area contributed by atoms with Crippen LogP contribution < -0.4 is 5.32 Å². The number of aromatic nitrogens is 4. The fourth-order valence-corrected chi connectivity index (χ4v) is 4.79. The molecule has 1 aliphatic carbocycles. The fraction of sp³-hybridized carbons (Fsp3) is 0.350. The zero-order valence-corrected chi connectivity index (χ0v) is 15.7. The summed E-state index contributed by atoms with van der Waals surface area (Å²) < 4.78 is 3.18. The molecule has 2 atom stereocenters. The molecule has 2 N–H and O–H groups in total. The molecule has 3 heterocycles. The summed E-state index contributed by atoms with van der Waals surface area (Å²) in [5.41, 5.74) is 4.25. The first kappa shape index (κ1) is 16.6. The number of aliphatic hydroxyl groups is 1. The topological polar surface area (TPSA) is 75.3 Å². The van der Waals surface area contributed by atoms with Crippen molar-refractivity contribution in [1.82, 2.24) is 19.4 Å². The number of imidazole rings is 1. The molecule has 0 saturated heterocycles. The van der Waals surface area contributed by atoms with Gasteiger partial charge < -0.3 is 10.4 Å². The van der Waals surface area contributed by atoms with E-state index in [1.165, 1.54) is 5.56 Å². The lowest BCUT2D eigenvalue weighted by Gasteiger charge is -2.27. The summed E-state index contributed by atoms with van der Waals surface area (Å²) >= 11 is 1.66. The number of fused-ring (bicyclic) bond motifs is 2. The normalized spacial score (nSPS) is 20.3. The summed E-state index contributed by atoms with van der Waals surface area (Å²) in [6, 6.07) is 8.42. The Morgan fingerprint density at radius 1 is 1.22 bits per heavy atom. The highest BCUT2D eigenvalue weighted by Crippen LogP contribution is 2.30. The van der Waals surface area contributed by atoms with E-state index in [4.69, 9.17) is 4.98 Å². The second kappa shape index (κ2) is 6.90. The largest absolute Gasteiger partial charge is 0.391 e. The molecule has 1 aliphatic rings. The first-order valence-electron chi connectivity index (χ1n) is 9.36. The van der Waals surface area contributed by atoms with Crippen molar-refractivity contribution < 1.29 is 5.11 Å². The highest BCUT2D eigenvalue weighted by Gasteiger charge is 2.23. The van der Waals surface area contributed by atoms with Crippen LogP contribution in [0.4, 0.5) is 5.13 Å². The second-order valence-corrected chi connectivity index (χ2v) is 8.19. The Labute approximate surface area is 160 Å². The van der Waals surface area contributed by atoms with Crippen LogP contribution in [-0.2, 0) is 6.42 Å². The first-order valence-corrected chi connectivity index (χ1v) is 10.2. The molecule has 0 spiro atoms. The van der Waals surface area contributed by atoms with Crippen LogP contribution in [0.15, 0.2) is 43.0 Å². The summed E-state index contributed by atoms with van der Waals surface area (Å²) in [5, 5.41) is 14.5. The van der Waals surface area contributed by atoms with Gasteiger partial charge in [-0.3, -0.25) is 4.40 Å². The standard InChI is InChI=1S/C20H21N5OS/c26-17-4-2-1-3-15(17)23-20-24-16-6-5-13(10-18(16)27-20)9-14-11-22-19-7-8-21-12-25(14)19/h5-8,10-12,15,17,26H,1-4,9H2,(H,23,24). The summed E-state index contributed by atoms with van der Waals surface area (Å²) in [7, 11) is 0. The summed E-state index contributed by atoms with van der Waals surface area (Å²) in [5.74, 6) is 0. The number of rotatable bonds is 4. The van der Waals surface area contributed by atoms with Crippen LogP contribution in [0.1, 0.15) is 36.9 Å². The monoisotopic (exact) mass is 379 g/mol. The average Bonchev–Trinajstić information content (AvgIpc) is 3.27. The van der Waals surface area contributed by atoms with Crippen molar-refractivity contribution in [3.05, 3.63) is 54.2 Å². The zero-order chi connectivity index (χ0) is 18.2. The number of thiazole rings is 1. The highest BCUT2D eigenvalue weighted by molar-refractivity contribution is 7.22. The Morgan fingerprint density at radius 2 is 2.15 bits per heavy atom. The van der Waals surface area contributed by atoms with Gasteiger partial charge in [0.15, 0.2) is 5.13 Å². The summed E-state index contributed by atoms with van der Waals surface area (Å²) in [4.78, 5) is 13.3. The maximum absolute atomic E-state index is 10.2. The Bertz CT molecular complexity index is 1090. The molecule has 7 heteroatoms. The summed E-state index contributed by atoms with van der Waals surface area (Å²) in [6.07, 6.45) is 10.2. The lowest BCUT2D eigenvalue weighted by atomic mass is 9.93. The molecule has 27 heavy (non-hydrogen) atoms. The van der Waals surface area contributed by atoms with Crippen LogP contribution in [0.25, 0.3) is 15.9 Å². The van der Waals surface area contributed by atoms with Gasteiger partial charge in [-0.25, -0.2) is 15.0 Å². The number of aliphatic hydroxyl groups excluding tert-OH is 1. The molecule has 2 unspecified atom stereocenters. The maximum atomic E-state index is 10.2. The quantitative estimate of drug-likeness (QED) is 0.566. The molecule has 1 saturated carbocycles. The van der Waals surface area contributed by atoms with Gasteiger partial charge in [0.05, 0.1) is 22.4 Å². The van der Waals surface area contributed by atoms with Gasteiger partial charge in [0, 0.05) is 24.5 Å². The first-order chi connectivity index (χ1) is 13.3. The maximum Gasteiger partial charge on any atom is 0.184 e. The molecule has 6 nitrogen and oxygen atoms in total. The van der Waals surface area contributed by atoms with Crippen LogP contribution in [0, 0.1) is 0 Å². The predicted octanol–water partition coefficient (Wildman–Crippen LogP) is 3.65. The van der Waals surface area contributed by atoms with Crippen LogP contribution in [0.2, 0.25) is 0 Å². The van der Waals surface area contributed by atoms with E-state index in [1.54, 1.807) is 23.9 Å². The number of hydrogen-bond donors (Lipinski definition) is 2. The van der Waals surface area contributed by atoms with E-state index in [1.807, 2.05) is 16.7 Å². The van der Waals surface area contributed by atoms with E-state index in [0.29, 0.717) is 0 Å². The fourth-order valence-electron chi connectivity index (χ4n) is 3.80. The van der Waals surface area contributed by atoms with Crippen molar-refractivity contribution in [3.8, 4) is 0 Å². The minimum atomic E-state index is -0.273. The van der Waals surface area contributed by atoms with Crippen molar-refractivity contribution in [2.45, 2.75) is 44.2 Å². The van der Waals surface area contributed by atoms with Crippen LogP contribution in [0.5, 0.6) is 0 Å². The van der Waals surface area contributed by atoms with E-state index in [0.717, 1.165) is 58.8 Å². The molecular formula is C20H21N5OS. The minimum absolute atomic E-state index is 0.115. The van der Waals surface area contributed by atoms with Crippen molar-refractivity contribution >= 4 is 32.3 Å². The third-order valence-electron chi connectivity index (χ3n) is 5.27. The van der Waals surface area contributed by atoms with Crippen molar-refractivity contribution in [1.29, 1.82) is 0 Å². The van der Waals surface area contributed by atoms with Gasteiger partial charge in [0.2, 0.25) is 0 Å². The third kappa shape index (κ3) is 3.28. The molecule has 5 rings (SSSR count). The van der Waals surface area contributed by atoms with E-state index in [9.17, 15) is 5.11 Å². The molecule has 4 aromatic rings. The second-order valence-electron chi connectivity index (χ2n) is 7.16. The Kier molecular flexibility index (Phi) is 4.26. The van der Waals surface area contributed by atoms with Gasteiger partial charge in [-0.15, -0.1) is 0 Å². The van der Waals surface area contributed by atoms with E-state index in [2.05, 4.69) is 33.5 Å². The Hall–Kier alpha value is -2.51. The highest BCUT2D eigenvalue weighted by atomic mass is 32.1. The van der Waals surface area contributed by atoms with Crippen molar-refractivity contribution in [2.24, 2.45) is 0 Å². The predicted molar refractivity (Wildman–Crippen MR) is 107 cm³/mol. The van der Waals surface area contributed by atoms with Gasteiger partial charge in [-0.1, -0.05) is 30.2 Å². The molecule has 0 aliphatic heterocycles. The van der Waals surface area contributed by atoms with Gasteiger partial charge in [-0.2, -0.15) is 0 Å². The number of nitrogens with one attached hydrogen (secondary N) is 1. The molecule has 0 amide bonds. The number of anilines is 1. The average molecular weight is 379 g/mol. The molecule has 138 valence electrons. The zero-order valence-electron chi connectivity index (χ0n) is 14.9. The molecular weight excluding hydrogens is 358 g/mol. The number of nitrogens with zero attached hydrogens (tertiary/aromatic N) is 4. The smallest absolute Gasteiger partial charge is 0.184 e. The molecule has 0 radical (unpaired) electrons. The Balaban J connectivity index is 1.39. The SMILES string of the molecule is OC1CCCCC1Nc1nc2ccc(Cc3cnc4ccncn34)cc2s1. The number of hydrogen-bond acceptors (Lipinski definition) is 6.